The van der Waals surface area contributed by atoms with Crippen LogP contribution in [0.5, 0.6) is 17.2 Å². The zero-order valence-electron chi connectivity index (χ0n) is 12.0. The summed E-state index contributed by atoms with van der Waals surface area (Å²) in [7, 11) is 1.55. The number of benzene rings is 2. The van der Waals surface area contributed by atoms with Crippen LogP contribution in [0.25, 0.3) is 5.70 Å². The molecular weight excluding hydrogens is 284 g/mol. The molecule has 2 aromatic carbocycles. The maximum absolute atomic E-state index is 12.0. The van der Waals surface area contributed by atoms with Crippen LogP contribution in [0, 0.1) is 0 Å². The second-order valence-electron chi connectivity index (χ2n) is 4.49. The number of hydrogen-bond donors (Lipinski definition) is 4. The van der Waals surface area contributed by atoms with Gasteiger partial charge in [0, 0.05) is 17.2 Å². The van der Waals surface area contributed by atoms with E-state index in [1.807, 2.05) is 0 Å². The number of methoxy groups -OCH3 is 1. The molecule has 0 radical (unpaired) electrons. The van der Waals surface area contributed by atoms with Crippen LogP contribution in [-0.2, 0) is 0 Å². The molecule has 4 N–H and O–H groups in total. The molecule has 0 aromatic heterocycles. The summed E-state index contributed by atoms with van der Waals surface area (Å²) in [6, 6.07) is 10.7. The minimum Gasteiger partial charge on any atom is -0.508 e. The SMILES string of the molecule is C=C(NNC(=O)c1ccc(OC)cc1)c1ccc(O)cc1O. The largest absolute Gasteiger partial charge is 0.508 e. The number of carbonyl (C=O) groups is 1. The van der Waals surface area contributed by atoms with E-state index in [2.05, 4.69) is 17.4 Å². The molecule has 0 aliphatic carbocycles. The molecule has 0 unspecified atom stereocenters. The Morgan fingerprint density at radius 1 is 1.09 bits per heavy atom. The van der Waals surface area contributed by atoms with Crippen molar-refractivity contribution < 1.29 is 19.7 Å². The van der Waals surface area contributed by atoms with Gasteiger partial charge < -0.3 is 14.9 Å². The van der Waals surface area contributed by atoms with Crippen molar-refractivity contribution in [1.29, 1.82) is 0 Å². The second kappa shape index (κ2) is 6.53. The summed E-state index contributed by atoms with van der Waals surface area (Å²) in [6.07, 6.45) is 0. The molecule has 2 aromatic rings. The molecule has 22 heavy (non-hydrogen) atoms. The minimum absolute atomic E-state index is 0.0590. The Bertz CT molecular complexity index is 696. The van der Waals surface area contributed by atoms with Gasteiger partial charge in [0.2, 0.25) is 0 Å². The Hall–Kier alpha value is -3.15. The van der Waals surface area contributed by atoms with Gasteiger partial charge in [0.25, 0.3) is 5.91 Å². The fourth-order valence-corrected chi connectivity index (χ4v) is 1.79. The molecule has 6 heteroatoms. The molecule has 1 amide bonds. The first kappa shape index (κ1) is 15.2. The Morgan fingerprint density at radius 2 is 1.77 bits per heavy atom. The molecule has 0 saturated heterocycles. The van der Waals surface area contributed by atoms with Crippen molar-refractivity contribution in [2.45, 2.75) is 0 Å². The van der Waals surface area contributed by atoms with E-state index in [9.17, 15) is 15.0 Å². The number of ether oxygens (including phenoxy) is 1. The van der Waals surface area contributed by atoms with Gasteiger partial charge in [0.1, 0.15) is 17.2 Å². The van der Waals surface area contributed by atoms with Crippen molar-refractivity contribution in [1.82, 2.24) is 10.9 Å². The summed E-state index contributed by atoms with van der Waals surface area (Å²) >= 11 is 0. The van der Waals surface area contributed by atoms with Crippen LogP contribution in [0.3, 0.4) is 0 Å². The van der Waals surface area contributed by atoms with E-state index in [1.165, 1.54) is 18.2 Å². The summed E-state index contributed by atoms with van der Waals surface area (Å²) in [5.41, 5.74) is 6.19. The molecule has 0 heterocycles. The van der Waals surface area contributed by atoms with E-state index >= 15 is 0 Å². The van der Waals surface area contributed by atoms with E-state index in [0.717, 1.165) is 0 Å². The number of rotatable bonds is 5. The van der Waals surface area contributed by atoms with Crippen LogP contribution < -0.4 is 15.6 Å². The number of hydrogen-bond acceptors (Lipinski definition) is 5. The maximum Gasteiger partial charge on any atom is 0.269 e. The van der Waals surface area contributed by atoms with Gasteiger partial charge in [-0.1, -0.05) is 6.58 Å². The molecule has 0 aliphatic heterocycles. The lowest BCUT2D eigenvalue weighted by atomic mass is 10.1. The molecule has 2 rings (SSSR count). The van der Waals surface area contributed by atoms with Crippen molar-refractivity contribution >= 4 is 11.6 Å². The van der Waals surface area contributed by atoms with E-state index in [4.69, 9.17) is 4.74 Å². The third-order valence-corrected chi connectivity index (χ3v) is 2.99. The predicted molar refractivity (Wildman–Crippen MR) is 82.4 cm³/mol. The number of phenols is 2. The van der Waals surface area contributed by atoms with Gasteiger partial charge in [-0.15, -0.1) is 0 Å². The maximum atomic E-state index is 12.0. The molecule has 0 fully saturated rings. The first-order valence-corrected chi connectivity index (χ1v) is 6.43. The number of amides is 1. The molecule has 0 bridgehead atoms. The first-order chi connectivity index (χ1) is 10.5. The van der Waals surface area contributed by atoms with Crippen molar-refractivity contribution in [3.05, 3.63) is 60.2 Å². The zero-order chi connectivity index (χ0) is 16.1. The average molecular weight is 300 g/mol. The smallest absolute Gasteiger partial charge is 0.269 e. The fourth-order valence-electron chi connectivity index (χ4n) is 1.79. The topological polar surface area (TPSA) is 90.8 Å². The normalized spacial score (nSPS) is 9.86. The predicted octanol–water partition coefficient (Wildman–Crippen LogP) is 2.01. The van der Waals surface area contributed by atoms with Crippen LogP contribution in [0.15, 0.2) is 49.0 Å². The summed E-state index contributed by atoms with van der Waals surface area (Å²) in [5, 5.41) is 19.0. The van der Waals surface area contributed by atoms with Gasteiger partial charge in [0.15, 0.2) is 0 Å². The number of carbonyl (C=O) groups excluding carboxylic acids is 1. The molecule has 0 spiro atoms. The highest BCUT2D eigenvalue weighted by atomic mass is 16.5. The van der Waals surface area contributed by atoms with Crippen LogP contribution >= 0.6 is 0 Å². The number of phenolic OH excluding ortho intramolecular Hbond substituents is 2. The zero-order valence-corrected chi connectivity index (χ0v) is 12.0. The van der Waals surface area contributed by atoms with E-state index in [1.54, 1.807) is 31.4 Å². The monoisotopic (exact) mass is 300 g/mol. The van der Waals surface area contributed by atoms with Crippen LogP contribution in [0.1, 0.15) is 15.9 Å². The Morgan fingerprint density at radius 3 is 2.36 bits per heavy atom. The van der Waals surface area contributed by atoms with Gasteiger partial charge in [0.05, 0.1) is 12.8 Å². The first-order valence-electron chi connectivity index (χ1n) is 6.43. The van der Waals surface area contributed by atoms with Gasteiger partial charge in [-0.25, -0.2) is 0 Å². The highest BCUT2D eigenvalue weighted by Gasteiger charge is 2.09. The van der Waals surface area contributed by atoms with Crippen molar-refractivity contribution in [2.24, 2.45) is 0 Å². The van der Waals surface area contributed by atoms with Crippen molar-refractivity contribution in [3.63, 3.8) is 0 Å². The lowest BCUT2D eigenvalue weighted by Crippen LogP contribution is -2.35. The number of hydrazine groups is 1. The number of aromatic hydroxyl groups is 2. The summed E-state index contributed by atoms with van der Waals surface area (Å²) in [6.45, 7) is 3.72. The third kappa shape index (κ3) is 3.49. The van der Waals surface area contributed by atoms with Crippen molar-refractivity contribution in [3.8, 4) is 17.2 Å². The highest BCUT2D eigenvalue weighted by molar-refractivity contribution is 5.94. The standard InChI is InChI=1S/C16H16N2O4/c1-10(14-8-5-12(19)9-15(14)20)17-18-16(21)11-3-6-13(22-2)7-4-11/h3-9,17,19-20H,1H2,2H3,(H,18,21). The summed E-state index contributed by atoms with van der Waals surface area (Å²) < 4.78 is 5.02. The highest BCUT2D eigenvalue weighted by Crippen LogP contribution is 2.26. The van der Waals surface area contributed by atoms with E-state index < -0.39 is 0 Å². The van der Waals surface area contributed by atoms with Crippen LogP contribution in [-0.4, -0.2) is 23.2 Å². The Balaban J connectivity index is 1.99. The van der Waals surface area contributed by atoms with Gasteiger partial charge in [-0.3, -0.25) is 15.6 Å². The Kier molecular flexibility index (Phi) is 4.53. The van der Waals surface area contributed by atoms with Crippen LogP contribution in [0.2, 0.25) is 0 Å². The molecule has 0 saturated carbocycles. The quantitative estimate of drug-likeness (QED) is 0.634. The fraction of sp³-hybridized carbons (Fsp3) is 0.0625. The molecule has 0 aliphatic rings. The van der Waals surface area contributed by atoms with Gasteiger partial charge >= 0.3 is 0 Å². The summed E-state index contributed by atoms with van der Waals surface area (Å²) in [4.78, 5) is 12.0. The van der Waals surface area contributed by atoms with E-state index in [0.29, 0.717) is 22.6 Å². The van der Waals surface area contributed by atoms with Gasteiger partial charge in [-0.2, -0.15) is 0 Å². The second-order valence-corrected chi connectivity index (χ2v) is 4.49. The lowest BCUT2D eigenvalue weighted by molar-refractivity contribution is 0.0942. The van der Waals surface area contributed by atoms with Crippen molar-refractivity contribution in [2.75, 3.05) is 7.11 Å². The molecule has 6 nitrogen and oxygen atoms in total. The molecule has 114 valence electrons. The Labute approximate surface area is 127 Å². The third-order valence-electron chi connectivity index (χ3n) is 2.99. The van der Waals surface area contributed by atoms with Gasteiger partial charge in [-0.05, 0) is 36.4 Å². The molecular formula is C16H16N2O4. The van der Waals surface area contributed by atoms with Crippen LogP contribution in [0.4, 0.5) is 0 Å². The minimum atomic E-state index is -0.359. The molecule has 0 atom stereocenters. The number of nitrogens with one attached hydrogen (secondary N) is 2. The summed E-state index contributed by atoms with van der Waals surface area (Å²) in [5.74, 6) is 0.0949. The lowest BCUT2D eigenvalue weighted by Gasteiger charge is -2.12. The average Bonchev–Trinajstić information content (AvgIpc) is 2.52. The van der Waals surface area contributed by atoms with E-state index in [-0.39, 0.29) is 17.4 Å².